The maximum atomic E-state index is 6.13. The highest BCUT2D eigenvalue weighted by molar-refractivity contribution is 9.09. The Bertz CT molecular complexity index is 315. The highest BCUT2D eigenvalue weighted by atomic mass is 79.9. The number of alkyl halides is 1. The fourth-order valence-corrected chi connectivity index (χ4v) is 3.91. The van der Waals surface area contributed by atoms with E-state index in [1.807, 2.05) is 0 Å². The van der Waals surface area contributed by atoms with Gasteiger partial charge in [0, 0.05) is 18.5 Å². The Morgan fingerprint density at radius 1 is 0.567 bits per heavy atom. The minimum absolute atomic E-state index is 0.0192. The van der Waals surface area contributed by atoms with Crippen LogP contribution >= 0.6 is 15.9 Å². The molecular weight excluding hydrogens is 436 g/mol. The predicted octanol–water partition coefficient (Wildman–Crippen LogP) is 9.75. The van der Waals surface area contributed by atoms with E-state index in [-0.39, 0.29) is 6.29 Å². The van der Waals surface area contributed by atoms with Crippen LogP contribution in [0.25, 0.3) is 0 Å². The fraction of sp³-hybridized carbons (Fsp3) is 0.926. The maximum absolute atomic E-state index is 6.13. The highest BCUT2D eigenvalue weighted by Gasteiger charge is 2.09. The molecule has 0 aromatic rings. The first-order chi connectivity index (χ1) is 14.8. The summed E-state index contributed by atoms with van der Waals surface area (Å²) in [6, 6.07) is 0. The van der Waals surface area contributed by atoms with Crippen LogP contribution in [0, 0.1) is 0 Å². The SMILES string of the molecule is CCCCCCCCOC(CCCCC/C=C/CCCBr)OCCCCCCCC. The third kappa shape index (κ3) is 24.4. The van der Waals surface area contributed by atoms with E-state index < -0.39 is 0 Å². The van der Waals surface area contributed by atoms with Crippen molar-refractivity contribution in [2.24, 2.45) is 0 Å². The molecule has 0 atom stereocenters. The number of allylic oxidation sites excluding steroid dienone is 2. The molecule has 0 saturated carbocycles. The largest absolute Gasteiger partial charge is 0.353 e. The number of ether oxygens (including phenoxy) is 2. The van der Waals surface area contributed by atoms with Crippen LogP contribution in [0.4, 0.5) is 0 Å². The van der Waals surface area contributed by atoms with Crippen LogP contribution in [0.2, 0.25) is 0 Å². The molecule has 0 aliphatic heterocycles. The van der Waals surface area contributed by atoms with Gasteiger partial charge in [-0.15, -0.1) is 0 Å². The average Bonchev–Trinajstić information content (AvgIpc) is 2.76. The summed E-state index contributed by atoms with van der Waals surface area (Å²) in [5.41, 5.74) is 0. The molecule has 0 aromatic heterocycles. The summed E-state index contributed by atoms with van der Waals surface area (Å²) in [5.74, 6) is 0. The summed E-state index contributed by atoms with van der Waals surface area (Å²) in [6.45, 7) is 6.28. The molecule has 0 aromatic carbocycles. The van der Waals surface area contributed by atoms with Crippen LogP contribution in [-0.4, -0.2) is 24.8 Å². The van der Waals surface area contributed by atoms with E-state index in [1.165, 1.54) is 116 Å². The monoisotopic (exact) mass is 488 g/mol. The summed E-state index contributed by atoms with van der Waals surface area (Å²) in [5, 5.41) is 1.11. The smallest absolute Gasteiger partial charge is 0.157 e. The van der Waals surface area contributed by atoms with Crippen LogP contribution < -0.4 is 0 Å². The number of halogens is 1. The average molecular weight is 490 g/mol. The lowest BCUT2D eigenvalue weighted by molar-refractivity contribution is -0.148. The van der Waals surface area contributed by atoms with Gasteiger partial charge >= 0.3 is 0 Å². The molecule has 0 rings (SSSR count). The highest BCUT2D eigenvalue weighted by Crippen LogP contribution is 2.13. The number of hydrogen-bond acceptors (Lipinski definition) is 2. The second-order valence-electron chi connectivity index (χ2n) is 8.65. The topological polar surface area (TPSA) is 18.5 Å². The molecule has 0 radical (unpaired) electrons. The second kappa shape index (κ2) is 27.2. The van der Waals surface area contributed by atoms with Crippen LogP contribution in [0.3, 0.4) is 0 Å². The first-order valence-corrected chi connectivity index (χ1v) is 14.4. The molecule has 0 spiro atoms. The van der Waals surface area contributed by atoms with Crippen LogP contribution in [0.5, 0.6) is 0 Å². The first kappa shape index (κ1) is 30.1. The lowest BCUT2D eigenvalue weighted by Gasteiger charge is -2.19. The zero-order chi connectivity index (χ0) is 22.0. The number of hydrogen-bond donors (Lipinski definition) is 0. The van der Waals surface area contributed by atoms with E-state index in [9.17, 15) is 0 Å². The molecule has 0 aliphatic carbocycles. The van der Waals surface area contributed by atoms with Gasteiger partial charge in [0.25, 0.3) is 0 Å². The van der Waals surface area contributed by atoms with Crippen molar-refractivity contribution < 1.29 is 9.47 Å². The Balaban J connectivity index is 3.86. The van der Waals surface area contributed by atoms with E-state index >= 15 is 0 Å². The quantitative estimate of drug-likeness (QED) is 0.0550. The van der Waals surface area contributed by atoms with Gasteiger partial charge in [-0.2, -0.15) is 0 Å². The normalized spacial score (nSPS) is 11.9. The number of unbranched alkanes of at least 4 members (excludes halogenated alkanes) is 14. The fourth-order valence-electron chi connectivity index (χ4n) is 3.59. The van der Waals surface area contributed by atoms with E-state index in [1.54, 1.807) is 0 Å². The third-order valence-corrected chi connectivity index (χ3v) is 6.15. The molecule has 0 aliphatic rings. The van der Waals surface area contributed by atoms with E-state index in [2.05, 4.69) is 41.9 Å². The molecule has 0 fully saturated rings. The van der Waals surface area contributed by atoms with Crippen molar-refractivity contribution in [2.75, 3.05) is 18.5 Å². The zero-order valence-electron chi connectivity index (χ0n) is 20.5. The summed E-state index contributed by atoms with van der Waals surface area (Å²) >= 11 is 3.48. The molecule has 0 amide bonds. The summed E-state index contributed by atoms with van der Waals surface area (Å²) in [4.78, 5) is 0. The van der Waals surface area contributed by atoms with Gasteiger partial charge in [-0.25, -0.2) is 0 Å². The molecule has 180 valence electrons. The van der Waals surface area contributed by atoms with Gasteiger partial charge < -0.3 is 9.47 Å². The molecule has 2 nitrogen and oxygen atoms in total. The molecule has 0 N–H and O–H groups in total. The van der Waals surface area contributed by atoms with Gasteiger partial charge in [0.1, 0.15) is 0 Å². The van der Waals surface area contributed by atoms with Crippen molar-refractivity contribution in [3.05, 3.63) is 12.2 Å². The standard InChI is InChI=1S/C27H53BrO2/c1-3-5-7-9-17-21-25-29-27(30-26-22-18-10-8-6-4-2)23-19-15-13-11-12-14-16-20-24-28/h12,14,27H,3-11,13,15-26H2,1-2H3/b14-12+. The molecule has 0 heterocycles. The molecule has 0 unspecified atom stereocenters. The Labute approximate surface area is 198 Å². The number of rotatable bonds is 25. The van der Waals surface area contributed by atoms with Crippen LogP contribution in [0.1, 0.15) is 136 Å². The van der Waals surface area contributed by atoms with Gasteiger partial charge in [-0.1, -0.05) is 113 Å². The van der Waals surface area contributed by atoms with Crippen molar-refractivity contribution in [1.82, 2.24) is 0 Å². The van der Waals surface area contributed by atoms with Crippen LogP contribution in [-0.2, 0) is 9.47 Å². The van der Waals surface area contributed by atoms with Gasteiger partial charge in [-0.05, 0) is 51.4 Å². The third-order valence-electron chi connectivity index (χ3n) is 5.58. The van der Waals surface area contributed by atoms with Crippen LogP contribution in [0.15, 0.2) is 12.2 Å². The minimum Gasteiger partial charge on any atom is -0.353 e. The van der Waals surface area contributed by atoms with E-state index in [0.29, 0.717) is 0 Å². The second-order valence-corrected chi connectivity index (χ2v) is 9.44. The molecular formula is C27H53BrO2. The minimum atomic E-state index is 0.0192. The Kier molecular flexibility index (Phi) is 27.3. The Hall–Kier alpha value is 0.140. The zero-order valence-corrected chi connectivity index (χ0v) is 22.1. The molecule has 0 bridgehead atoms. The van der Waals surface area contributed by atoms with Crippen molar-refractivity contribution >= 4 is 15.9 Å². The van der Waals surface area contributed by atoms with E-state index in [0.717, 1.165) is 25.0 Å². The van der Waals surface area contributed by atoms with Crippen molar-refractivity contribution in [1.29, 1.82) is 0 Å². The lowest BCUT2D eigenvalue weighted by atomic mass is 10.1. The summed E-state index contributed by atoms with van der Waals surface area (Å²) in [7, 11) is 0. The van der Waals surface area contributed by atoms with Crippen molar-refractivity contribution in [3.8, 4) is 0 Å². The maximum Gasteiger partial charge on any atom is 0.157 e. The van der Waals surface area contributed by atoms with Gasteiger partial charge in [0.05, 0.1) is 0 Å². The summed E-state index contributed by atoms with van der Waals surface area (Å²) < 4.78 is 12.3. The van der Waals surface area contributed by atoms with Crippen molar-refractivity contribution in [3.63, 3.8) is 0 Å². The van der Waals surface area contributed by atoms with E-state index in [4.69, 9.17) is 9.47 Å². The lowest BCUT2D eigenvalue weighted by Crippen LogP contribution is -2.19. The Morgan fingerprint density at radius 2 is 1.03 bits per heavy atom. The molecule has 30 heavy (non-hydrogen) atoms. The van der Waals surface area contributed by atoms with Gasteiger partial charge in [-0.3, -0.25) is 0 Å². The molecule has 0 saturated heterocycles. The van der Waals surface area contributed by atoms with Gasteiger partial charge in [0.2, 0.25) is 0 Å². The first-order valence-electron chi connectivity index (χ1n) is 13.3. The van der Waals surface area contributed by atoms with Gasteiger partial charge in [0.15, 0.2) is 6.29 Å². The summed E-state index contributed by atoms with van der Waals surface area (Å²) in [6.07, 6.45) is 29.0. The Morgan fingerprint density at radius 3 is 1.57 bits per heavy atom. The molecule has 3 heteroatoms. The van der Waals surface area contributed by atoms with Crippen molar-refractivity contribution in [2.45, 2.75) is 142 Å². The predicted molar refractivity (Wildman–Crippen MR) is 138 cm³/mol.